The van der Waals surface area contributed by atoms with Gasteiger partial charge in [-0.05, 0) is 42.5 Å². The van der Waals surface area contributed by atoms with Crippen LogP contribution in [0, 0.1) is 24.1 Å². The lowest BCUT2D eigenvalue weighted by Crippen LogP contribution is -2.40. The average molecular weight is 293 g/mol. The molecule has 2 nitrogen and oxygen atoms in total. The van der Waals surface area contributed by atoms with Gasteiger partial charge in [-0.15, -0.1) is 0 Å². The van der Waals surface area contributed by atoms with Crippen molar-refractivity contribution < 1.29 is 9.18 Å². The van der Waals surface area contributed by atoms with Crippen LogP contribution in [0.5, 0.6) is 0 Å². The Labute approximate surface area is 128 Å². The third-order valence-electron chi connectivity index (χ3n) is 4.12. The summed E-state index contributed by atoms with van der Waals surface area (Å²) in [7, 11) is 0. The minimum Gasteiger partial charge on any atom is -0.312 e. The highest BCUT2D eigenvalue weighted by Gasteiger charge is 2.31. The number of hydrogen-bond acceptors (Lipinski definition) is 1. The van der Waals surface area contributed by atoms with Crippen LogP contribution in [0.1, 0.15) is 53.0 Å². The number of aryl methyl sites for hydroxylation is 1. The van der Waals surface area contributed by atoms with Crippen LogP contribution in [0.25, 0.3) is 0 Å². The summed E-state index contributed by atoms with van der Waals surface area (Å²) in [5, 5.41) is 0. The summed E-state index contributed by atoms with van der Waals surface area (Å²) in [6.45, 7) is 12.7. The molecule has 0 aliphatic carbocycles. The van der Waals surface area contributed by atoms with Crippen molar-refractivity contribution in [2.24, 2.45) is 11.3 Å². The van der Waals surface area contributed by atoms with Gasteiger partial charge in [-0.3, -0.25) is 4.79 Å². The third kappa shape index (κ3) is 4.55. The number of hydrogen-bond donors (Lipinski definition) is 0. The molecule has 0 bridgehead atoms. The number of carbonyl (C=O) groups is 1. The van der Waals surface area contributed by atoms with Crippen LogP contribution in [0.4, 0.5) is 10.1 Å². The molecule has 3 heteroatoms. The van der Waals surface area contributed by atoms with Crippen LogP contribution < -0.4 is 4.90 Å². The fraction of sp³-hybridized carbons (Fsp3) is 0.611. The molecule has 0 aromatic heterocycles. The largest absolute Gasteiger partial charge is 0.312 e. The SMILES string of the molecule is CCCCN(C(=O)C(C)C(C)(C)C)c1ccc(F)c(C)c1. The molecule has 1 aromatic carbocycles. The second-order valence-electron chi connectivity index (χ2n) is 6.86. The maximum absolute atomic E-state index is 13.5. The Morgan fingerprint density at radius 3 is 2.43 bits per heavy atom. The van der Waals surface area contributed by atoms with Gasteiger partial charge >= 0.3 is 0 Å². The Balaban J connectivity index is 3.10. The van der Waals surface area contributed by atoms with Crippen LogP contribution in [0.15, 0.2) is 18.2 Å². The smallest absolute Gasteiger partial charge is 0.230 e. The number of rotatable bonds is 5. The maximum atomic E-state index is 13.5. The molecule has 0 spiro atoms. The molecule has 21 heavy (non-hydrogen) atoms. The van der Waals surface area contributed by atoms with E-state index < -0.39 is 0 Å². The Bertz CT molecular complexity index is 490. The highest BCUT2D eigenvalue weighted by molar-refractivity contribution is 5.95. The van der Waals surface area contributed by atoms with Gasteiger partial charge < -0.3 is 4.90 Å². The lowest BCUT2D eigenvalue weighted by atomic mass is 9.81. The Kier molecular flexibility index (Phi) is 5.94. The lowest BCUT2D eigenvalue weighted by Gasteiger charge is -2.32. The fourth-order valence-electron chi connectivity index (χ4n) is 2.08. The molecule has 0 saturated heterocycles. The van der Waals surface area contributed by atoms with Gasteiger partial charge in [0.05, 0.1) is 0 Å². The average Bonchev–Trinajstić information content (AvgIpc) is 2.40. The summed E-state index contributed by atoms with van der Waals surface area (Å²) >= 11 is 0. The Morgan fingerprint density at radius 2 is 1.95 bits per heavy atom. The monoisotopic (exact) mass is 293 g/mol. The van der Waals surface area contributed by atoms with E-state index in [1.54, 1.807) is 19.1 Å². The van der Waals surface area contributed by atoms with Crippen molar-refractivity contribution >= 4 is 11.6 Å². The van der Waals surface area contributed by atoms with Gasteiger partial charge in [0.15, 0.2) is 0 Å². The molecule has 1 rings (SSSR count). The first-order valence-corrected chi connectivity index (χ1v) is 7.76. The maximum Gasteiger partial charge on any atom is 0.230 e. The zero-order valence-electron chi connectivity index (χ0n) is 14.2. The van der Waals surface area contributed by atoms with E-state index >= 15 is 0 Å². The number of benzene rings is 1. The van der Waals surface area contributed by atoms with Gasteiger partial charge in [-0.25, -0.2) is 4.39 Å². The Morgan fingerprint density at radius 1 is 1.33 bits per heavy atom. The van der Waals surface area contributed by atoms with Crippen molar-refractivity contribution in [3.8, 4) is 0 Å². The van der Waals surface area contributed by atoms with Crippen LogP contribution in [-0.4, -0.2) is 12.5 Å². The molecular weight excluding hydrogens is 265 g/mol. The molecule has 0 aliphatic heterocycles. The molecule has 118 valence electrons. The molecule has 1 atom stereocenters. The van der Waals surface area contributed by atoms with Crippen molar-refractivity contribution in [1.82, 2.24) is 0 Å². The molecule has 1 unspecified atom stereocenters. The van der Waals surface area contributed by atoms with Gasteiger partial charge in [0.2, 0.25) is 5.91 Å². The van der Waals surface area contributed by atoms with Crippen molar-refractivity contribution in [1.29, 1.82) is 0 Å². The van der Waals surface area contributed by atoms with Gasteiger partial charge in [0.25, 0.3) is 0 Å². The molecule has 0 heterocycles. The van der Waals surface area contributed by atoms with Crippen LogP contribution in [-0.2, 0) is 4.79 Å². The highest BCUT2D eigenvalue weighted by Crippen LogP contribution is 2.29. The molecule has 1 aromatic rings. The van der Waals surface area contributed by atoms with E-state index in [2.05, 4.69) is 27.7 Å². The lowest BCUT2D eigenvalue weighted by molar-refractivity contribution is -0.124. The number of anilines is 1. The van der Waals surface area contributed by atoms with Crippen LogP contribution >= 0.6 is 0 Å². The third-order valence-corrected chi connectivity index (χ3v) is 4.12. The van der Waals surface area contributed by atoms with E-state index in [1.807, 2.05) is 11.8 Å². The van der Waals surface area contributed by atoms with Gasteiger partial charge in [-0.2, -0.15) is 0 Å². The topological polar surface area (TPSA) is 20.3 Å². The number of carbonyl (C=O) groups excluding carboxylic acids is 1. The van der Waals surface area contributed by atoms with E-state index in [9.17, 15) is 9.18 Å². The summed E-state index contributed by atoms with van der Waals surface area (Å²) in [4.78, 5) is 14.6. The van der Waals surface area contributed by atoms with E-state index in [1.165, 1.54) is 6.07 Å². The second kappa shape index (κ2) is 7.06. The van der Waals surface area contributed by atoms with Crippen molar-refractivity contribution in [3.05, 3.63) is 29.6 Å². The van der Waals surface area contributed by atoms with Crippen LogP contribution in [0.2, 0.25) is 0 Å². The molecule has 0 fully saturated rings. The van der Waals surface area contributed by atoms with Crippen molar-refractivity contribution in [2.75, 3.05) is 11.4 Å². The van der Waals surface area contributed by atoms with Crippen molar-refractivity contribution in [2.45, 2.75) is 54.4 Å². The van der Waals surface area contributed by atoms with Gasteiger partial charge in [-0.1, -0.05) is 41.0 Å². The number of unbranched alkanes of at least 4 members (excludes halogenated alkanes) is 1. The normalized spacial score (nSPS) is 13.1. The molecule has 0 N–H and O–H groups in total. The van der Waals surface area contributed by atoms with Crippen LogP contribution in [0.3, 0.4) is 0 Å². The molecule has 1 amide bonds. The van der Waals surface area contributed by atoms with Gasteiger partial charge in [0.1, 0.15) is 5.82 Å². The Hall–Kier alpha value is -1.38. The molecule has 0 aliphatic rings. The zero-order valence-corrected chi connectivity index (χ0v) is 14.2. The minimum absolute atomic E-state index is 0.0836. The predicted molar refractivity (Wildman–Crippen MR) is 87.0 cm³/mol. The number of nitrogens with zero attached hydrogens (tertiary/aromatic N) is 1. The van der Waals surface area contributed by atoms with E-state index in [-0.39, 0.29) is 23.1 Å². The standard InChI is InChI=1S/C18H28FNO/c1-7-8-11-20(17(21)14(3)18(4,5)6)15-9-10-16(19)13(2)12-15/h9-10,12,14H,7-8,11H2,1-6H3. The summed E-state index contributed by atoms with van der Waals surface area (Å²) in [6, 6.07) is 4.90. The first-order valence-electron chi connectivity index (χ1n) is 7.76. The predicted octanol–water partition coefficient (Wildman–Crippen LogP) is 4.95. The van der Waals surface area contributed by atoms with Crippen molar-refractivity contribution in [3.63, 3.8) is 0 Å². The van der Waals surface area contributed by atoms with E-state index in [0.29, 0.717) is 12.1 Å². The summed E-state index contributed by atoms with van der Waals surface area (Å²) in [5.41, 5.74) is 1.28. The van der Waals surface area contributed by atoms with E-state index in [4.69, 9.17) is 0 Å². The fourth-order valence-corrected chi connectivity index (χ4v) is 2.08. The second-order valence-corrected chi connectivity index (χ2v) is 6.86. The summed E-state index contributed by atoms with van der Waals surface area (Å²) in [6.07, 6.45) is 1.97. The van der Waals surface area contributed by atoms with E-state index in [0.717, 1.165) is 18.5 Å². The number of amides is 1. The minimum atomic E-state index is -0.231. The molecular formula is C18H28FNO. The quantitative estimate of drug-likeness (QED) is 0.752. The highest BCUT2D eigenvalue weighted by atomic mass is 19.1. The summed E-state index contributed by atoms with van der Waals surface area (Å²) < 4.78 is 13.5. The summed E-state index contributed by atoms with van der Waals surface area (Å²) in [5.74, 6) is -0.202. The first kappa shape index (κ1) is 17.7. The number of halogens is 1. The molecule has 0 saturated carbocycles. The zero-order chi connectivity index (χ0) is 16.2. The van der Waals surface area contributed by atoms with Gasteiger partial charge in [0, 0.05) is 18.2 Å². The first-order chi connectivity index (χ1) is 9.68. The molecule has 0 radical (unpaired) electrons.